The summed E-state index contributed by atoms with van der Waals surface area (Å²) < 4.78 is 4.33. The van der Waals surface area contributed by atoms with Crippen molar-refractivity contribution in [2.75, 3.05) is 0 Å². The van der Waals surface area contributed by atoms with E-state index in [1.54, 1.807) is 0 Å². The second-order valence-corrected chi connectivity index (χ2v) is 4.03. The smallest absolute Gasteiger partial charge is 0.0677 e. The average Bonchev–Trinajstić information content (AvgIpc) is 2.28. The van der Waals surface area contributed by atoms with Gasteiger partial charge in [-0.2, -0.15) is 4.33 Å². The largest absolute Gasteiger partial charge is 0.691 e. The van der Waals surface area contributed by atoms with E-state index in [2.05, 4.69) is 16.3 Å². The number of hydrogen-bond acceptors (Lipinski definition) is 4. The Hall–Kier alpha value is -0.550. The van der Waals surface area contributed by atoms with Crippen molar-refractivity contribution in [3.63, 3.8) is 0 Å². The molecule has 0 bridgehead atoms. The Morgan fingerprint density at radius 3 is 2.80 bits per heavy atom. The van der Waals surface area contributed by atoms with Crippen LogP contribution in [0.5, 0.6) is 0 Å². The lowest BCUT2D eigenvalue weighted by molar-refractivity contribution is -0.777. The third-order valence-corrected chi connectivity index (χ3v) is 2.88. The molecule has 4 heteroatoms. The summed E-state index contributed by atoms with van der Waals surface area (Å²) in [6, 6.07) is 7.88. The first kappa shape index (κ1) is 12.5. The summed E-state index contributed by atoms with van der Waals surface area (Å²) in [4.78, 5) is 0.949. The predicted octanol–water partition coefficient (Wildman–Crippen LogP) is 2.65. The van der Waals surface area contributed by atoms with Crippen molar-refractivity contribution in [3.8, 4) is 0 Å². The van der Waals surface area contributed by atoms with E-state index in [0.29, 0.717) is 0 Å². The van der Waals surface area contributed by atoms with Crippen LogP contribution in [-0.2, 0) is 15.8 Å². The lowest BCUT2D eigenvalue weighted by Gasteiger charge is -2.08. The first-order valence-corrected chi connectivity index (χ1v) is 5.83. The van der Waals surface area contributed by atoms with Crippen LogP contribution in [-0.4, -0.2) is 0 Å². The molecule has 0 heterocycles. The minimum absolute atomic E-state index is 0.949. The Morgan fingerprint density at radius 1 is 1.27 bits per heavy atom. The van der Waals surface area contributed by atoms with Gasteiger partial charge < -0.3 is 5.26 Å². The molecular weight excluding hydrogens is 212 g/mol. The van der Waals surface area contributed by atoms with Crippen LogP contribution in [0.3, 0.4) is 0 Å². The van der Waals surface area contributed by atoms with Crippen molar-refractivity contribution in [1.29, 1.82) is 0 Å². The summed E-state index contributed by atoms with van der Waals surface area (Å²) in [6.45, 7) is 2.18. The predicted molar refractivity (Wildman–Crippen MR) is 57.7 cm³/mol. The van der Waals surface area contributed by atoms with Gasteiger partial charge in [0.2, 0.25) is 0 Å². The molecule has 0 aliphatic carbocycles. The summed E-state index contributed by atoms with van der Waals surface area (Å²) in [6.07, 6.45) is 4.60. The van der Waals surface area contributed by atoms with Gasteiger partial charge in [0.25, 0.3) is 0 Å². The van der Waals surface area contributed by atoms with E-state index in [4.69, 9.17) is 0 Å². The summed E-state index contributed by atoms with van der Waals surface area (Å²) in [5, 5.41) is 13.1. The molecule has 0 spiro atoms. The maximum Gasteiger partial charge on any atom is 0.0677 e. The van der Waals surface area contributed by atoms with E-state index in [1.807, 2.05) is 24.3 Å². The van der Waals surface area contributed by atoms with Crippen LogP contribution >= 0.6 is 12.0 Å². The zero-order chi connectivity index (χ0) is 10.9. The molecule has 0 aliphatic rings. The second kappa shape index (κ2) is 7.70. The quantitative estimate of drug-likeness (QED) is 0.311. The van der Waals surface area contributed by atoms with Crippen LogP contribution in [0.4, 0.5) is 0 Å². The Bertz CT molecular complexity index is 278. The molecule has 0 N–H and O–H groups in total. The Kier molecular flexibility index (Phi) is 6.43. The Labute approximate surface area is 94.5 Å². The molecule has 0 fully saturated rings. The lowest BCUT2D eigenvalue weighted by Crippen LogP contribution is -2.01. The van der Waals surface area contributed by atoms with Gasteiger partial charge in [-0.1, -0.05) is 38.0 Å². The third kappa shape index (κ3) is 4.66. The topological polar surface area (TPSA) is 41.5 Å². The number of benzene rings is 1. The highest BCUT2D eigenvalue weighted by molar-refractivity contribution is 7.94. The fourth-order valence-electron chi connectivity index (χ4n) is 1.41. The number of rotatable bonds is 7. The average molecular weight is 227 g/mol. The molecule has 0 radical (unpaired) electrons. The van der Waals surface area contributed by atoms with Crippen molar-refractivity contribution in [2.24, 2.45) is 0 Å². The molecule has 84 valence electrons. The molecule has 0 unspecified atom stereocenters. The lowest BCUT2D eigenvalue weighted by atomic mass is 10.1. The zero-order valence-corrected chi connectivity index (χ0v) is 9.59. The summed E-state index contributed by atoms with van der Waals surface area (Å²) in [5.74, 6) is 0. The first-order chi connectivity index (χ1) is 7.38. The normalized spacial score (nSPS) is 10.5. The molecule has 0 saturated carbocycles. The minimum atomic E-state index is 0.949. The SMILES string of the molecule is CCCCCc1ccccc1SOO[O-]. The van der Waals surface area contributed by atoms with Gasteiger partial charge in [-0.05, 0) is 24.5 Å². The van der Waals surface area contributed by atoms with Gasteiger partial charge in [0, 0.05) is 4.90 Å². The van der Waals surface area contributed by atoms with Gasteiger partial charge >= 0.3 is 0 Å². The minimum Gasteiger partial charge on any atom is -0.691 e. The number of aryl methyl sites for hydroxylation is 1. The van der Waals surface area contributed by atoms with Crippen LogP contribution in [0.1, 0.15) is 31.7 Å². The van der Waals surface area contributed by atoms with Crippen molar-refractivity contribution < 1.29 is 14.6 Å². The van der Waals surface area contributed by atoms with Gasteiger partial charge in [0.1, 0.15) is 0 Å². The number of unbranched alkanes of at least 4 members (excludes halogenated alkanes) is 2. The Morgan fingerprint density at radius 2 is 2.07 bits per heavy atom. The van der Waals surface area contributed by atoms with Crippen molar-refractivity contribution >= 4 is 12.0 Å². The van der Waals surface area contributed by atoms with Crippen LogP contribution in [0.15, 0.2) is 29.2 Å². The van der Waals surface area contributed by atoms with Crippen molar-refractivity contribution in [1.82, 2.24) is 0 Å². The van der Waals surface area contributed by atoms with Gasteiger partial charge in [0.15, 0.2) is 0 Å². The molecule has 0 amide bonds. The standard InChI is InChI=1S/C11H16O3S/c1-2-3-4-7-10-8-5-6-9-11(10)15-14-13-12/h5-6,8-9,12H,2-4,7H2,1H3/p-1. The van der Waals surface area contributed by atoms with Gasteiger partial charge in [-0.15, -0.1) is 0 Å². The Balaban J connectivity index is 2.52. The fourth-order valence-corrected chi connectivity index (χ4v) is 1.92. The van der Waals surface area contributed by atoms with E-state index in [1.165, 1.54) is 18.4 Å². The fraction of sp³-hybridized carbons (Fsp3) is 0.455. The molecule has 0 aliphatic heterocycles. The molecule has 0 saturated heterocycles. The molecular formula is C11H15O3S-. The summed E-state index contributed by atoms with van der Waals surface area (Å²) in [7, 11) is 0. The van der Waals surface area contributed by atoms with Crippen LogP contribution < -0.4 is 5.26 Å². The summed E-state index contributed by atoms with van der Waals surface area (Å²) >= 11 is 0.970. The molecule has 0 atom stereocenters. The number of hydrogen-bond donors (Lipinski definition) is 0. The molecule has 3 nitrogen and oxygen atoms in total. The van der Waals surface area contributed by atoms with E-state index < -0.39 is 0 Å². The van der Waals surface area contributed by atoms with Crippen LogP contribution in [0.2, 0.25) is 0 Å². The van der Waals surface area contributed by atoms with Gasteiger partial charge in [-0.25, -0.2) is 0 Å². The van der Waals surface area contributed by atoms with Gasteiger partial charge in [0.05, 0.1) is 12.0 Å². The molecule has 1 aromatic rings. The van der Waals surface area contributed by atoms with E-state index in [0.717, 1.165) is 29.8 Å². The maximum absolute atomic E-state index is 9.73. The van der Waals surface area contributed by atoms with Crippen molar-refractivity contribution in [2.45, 2.75) is 37.5 Å². The van der Waals surface area contributed by atoms with E-state index in [-0.39, 0.29) is 0 Å². The van der Waals surface area contributed by atoms with Crippen LogP contribution in [0, 0.1) is 0 Å². The van der Waals surface area contributed by atoms with Crippen LogP contribution in [0.25, 0.3) is 0 Å². The summed E-state index contributed by atoms with van der Waals surface area (Å²) in [5.41, 5.74) is 1.20. The third-order valence-electron chi connectivity index (χ3n) is 2.17. The highest BCUT2D eigenvalue weighted by atomic mass is 32.2. The first-order valence-electron chi connectivity index (χ1n) is 5.09. The van der Waals surface area contributed by atoms with E-state index >= 15 is 0 Å². The van der Waals surface area contributed by atoms with Gasteiger partial charge in [-0.3, -0.25) is 5.04 Å². The van der Waals surface area contributed by atoms with E-state index in [9.17, 15) is 5.26 Å². The zero-order valence-electron chi connectivity index (χ0n) is 8.77. The van der Waals surface area contributed by atoms with Crippen molar-refractivity contribution in [3.05, 3.63) is 29.8 Å². The monoisotopic (exact) mass is 227 g/mol. The second-order valence-electron chi connectivity index (χ2n) is 3.28. The highest BCUT2D eigenvalue weighted by Crippen LogP contribution is 2.24. The maximum atomic E-state index is 9.73. The molecule has 0 aromatic heterocycles. The highest BCUT2D eigenvalue weighted by Gasteiger charge is 2.02. The molecule has 15 heavy (non-hydrogen) atoms. The molecule has 1 rings (SSSR count). The molecule has 1 aromatic carbocycles.